The van der Waals surface area contributed by atoms with E-state index in [0.717, 1.165) is 11.0 Å². The fraction of sp³-hybridized carbons (Fsp3) is 0.286. The molecule has 4 nitrogen and oxygen atoms in total. The second kappa shape index (κ2) is 5.49. The van der Waals surface area contributed by atoms with Gasteiger partial charge in [0.1, 0.15) is 17.1 Å². The minimum Gasteiger partial charge on any atom is -0.459 e. The number of Topliss-reactive ketones (excluding diaryl/α,β-unsaturated/α-hetero) is 1. The first-order valence-electron chi connectivity index (χ1n) is 5.89. The van der Waals surface area contributed by atoms with E-state index in [2.05, 4.69) is 5.32 Å². The van der Waals surface area contributed by atoms with E-state index in [1.165, 1.54) is 6.92 Å². The standard InChI is InChI=1S/C14H15NO3/c1-10(16)6-7-14(17)15-9-12-8-11-4-2-3-5-13(11)18-12/h2-5,8H,6-7,9H2,1H3,(H,15,17). The smallest absolute Gasteiger partial charge is 0.220 e. The molecular weight excluding hydrogens is 230 g/mol. The minimum absolute atomic E-state index is 0.0221. The van der Waals surface area contributed by atoms with Crippen LogP contribution in [0.2, 0.25) is 0 Å². The highest BCUT2D eigenvalue weighted by molar-refractivity contribution is 5.83. The summed E-state index contributed by atoms with van der Waals surface area (Å²) in [4.78, 5) is 22.2. The zero-order valence-electron chi connectivity index (χ0n) is 10.2. The van der Waals surface area contributed by atoms with Crippen LogP contribution in [-0.2, 0) is 16.1 Å². The molecule has 2 rings (SSSR count). The Kier molecular flexibility index (Phi) is 3.77. The zero-order valence-corrected chi connectivity index (χ0v) is 10.2. The van der Waals surface area contributed by atoms with E-state index in [-0.39, 0.29) is 24.5 Å². The lowest BCUT2D eigenvalue weighted by atomic mass is 10.2. The highest BCUT2D eigenvalue weighted by Crippen LogP contribution is 2.18. The molecular formula is C14H15NO3. The van der Waals surface area contributed by atoms with Crippen molar-refractivity contribution in [1.82, 2.24) is 5.32 Å². The Labute approximate surface area is 105 Å². The number of rotatable bonds is 5. The fourth-order valence-electron chi connectivity index (χ4n) is 1.69. The van der Waals surface area contributed by atoms with E-state index in [1.807, 2.05) is 30.3 Å². The molecule has 0 saturated heterocycles. The number of nitrogens with one attached hydrogen (secondary N) is 1. The summed E-state index contributed by atoms with van der Waals surface area (Å²) in [7, 11) is 0. The zero-order chi connectivity index (χ0) is 13.0. The third kappa shape index (κ3) is 3.20. The summed E-state index contributed by atoms with van der Waals surface area (Å²) in [6.07, 6.45) is 0.515. The highest BCUT2D eigenvalue weighted by Gasteiger charge is 2.06. The highest BCUT2D eigenvalue weighted by atomic mass is 16.3. The van der Waals surface area contributed by atoms with E-state index in [4.69, 9.17) is 4.42 Å². The number of hydrogen-bond acceptors (Lipinski definition) is 3. The van der Waals surface area contributed by atoms with E-state index < -0.39 is 0 Å². The van der Waals surface area contributed by atoms with Crippen molar-refractivity contribution in [2.75, 3.05) is 0 Å². The molecule has 0 aliphatic heterocycles. The van der Waals surface area contributed by atoms with Crippen molar-refractivity contribution in [3.8, 4) is 0 Å². The Morgan fingerprint density at radius 3 is 2.72 bits per heavy atom. The molecule has 0 atom stereocenters. The Hall–Kier alpha value is -2.10. The third-order valence-electron chi connectivity index (χ3n) is 2.64. The molecule has 94 valence electrons. The Bertz CT molecular complexity index is 538. The first-order valence-corrected chi connectivity index (χ1v) is 5.89. The van der Waals surface area contributed by atoms with Crippen molar-refractivity contribution in [1.29, 1.82) is 0 Å². The largest absolute Gasteiger partial charge is 0.459 e. The monoisotopic (exact) mass is 245 g/mol. The molecule has 1 aromatic heterocycles. The summed E-state index contributed by atoms with van der Waals surface area (Å²) in [6, 6.07) is 9.59. The van der Waals surface area contributed by atoms with Crippen LogP contribution >= 0.6 is 0 Å². The predicted octanol–water partition coefficient (Wildman–Crippen LogP) is 2.42. The maximum absolute atomic E-state index is 11.4. The van der Waals surface area contributed by atoms with Gasteiger partial charge in [0, 0.05) is 18.2 Å². The Morgan fingerprint density at radius 2 is 2.00 bits per heavy atom. The van der Waals surface area contributed by atoms with Gasteiger partial charge in [0.2, 0.25) is 5.91 Å². The molecule has 1 amide bonds. The molecule has 1 heterocycles. The maximum Gasteiger partial charge on any atom is 0.220 e. The molecule has 18 heavy (non-hydrogen) atoms. The average Bonchev–Trinajstić information content (AvgIpc) is 2.76. The lowest BCUT2D eigenvalue weighted by molar-refractivity contribution is -0.124. The molecule has 0 fully saturated rings. The van der Waals surface area contributed by atoms with Crippen molar-refractivity contribution in [3.05, 3.63) is 36.1 Å². The van der Waals surface area contributed by atoms with Crippen LogP contribution in [0.4, 0.5) is 0 Å². The SMILES string of the molecule is CC(=O)CCC(=O)NCc1cc2ccccc2o1. The van der Waals surface area contributed by atoms with Crippen LogP contribution in [0.3, 0.4) is 0 Å². The molecule has 0 unspecified atom stereocenters. The predicted molar refractivity (Wildman–Crippen MR) is 68.0 cm³/mol. The van der Waals surface area contributed by atoms with Crippen molar-refractivity contribution >= 4 is 22.7 Å². The number of para-hydroxylation sites is 1. The molecule has 1 N–H and O–H groups in total. The molecule has 1 aromatic carbocycles. The van der Waals surface area contributed by atoms with E-state index in [0.29, 0.717) is 12.3 Å². The summed E-state index contributed by atoms with van der Waals surface area (Å²) in [5.74, 6) is 0.604. The number of furan rings is 1. The topological polar surface area (TPSA) is 59.3 Å². The Morgan fingerprint density at radius 1 is 1.22 bits per heavy atom. The van der Waals surface area contributed by atoms with E-state index in [9.17, 15) is 9.59 Å². The molecule has 0 spiro atoms. The third-order valence-corrected chi connectivity index (χ3v) is 2.64. The first-order chi connectivity index (χ1) is 8.65. The van der Waals surface area contributed by atoms with Crippen molar-refractivity contribution < 1.29 is 14.0 Å². The number of fused-ring (bicyclic) bond motifs is 1. The van der Waals surface area contributed by atoms with Gasteiger partial charge in [-0.05, 0) is 19.1 Å². The summed E-state index contributed by atoms with van der Waals surface area (Å²) in [6.45, 7) is 1.83. The van der Waals surface area contributed by atoms with Crippen LogP contribution in [0.15, 0.2) is 34.7 Å². The molecule has 0 aliphatic rings. The Balaban J connectivity index is 1.90. The molecule has 0 radical (unpaired) electrons. The number of benzene rings is 1. The maximum atomic E-state index is 11.4. The number of carbonyl (C=O) groups is 2. The average molecular weight is 245 g/mol. The van der Waals surface area contributed by atoms with Crippen molar-refractivity contribution in [2.24, 2.45) is 0 Å². The van der Waals surface area contributed by atoms with E-state index in [1.54, 1.807) is 0 Å². The number of hydrogen-bond donors (Lipinski definition) is 1. The van der Waals surface area contributed by atoms with Gasteiger partial charge < -0.3 is 14.5 Å². The van der Waals surface area contributed by atoms with Gasteiger partial charge in [0.15, 0.2) is 0 Å². The van der Waals surface area contributed by atoms with Gasteiger partial charge in [0.05, 0.1) is 6.54 Å². The molecule has 0 bridgehead atoms. The summed E-state index contributed by atoms with van der Waals surface area (Å²) in [5, 5.41) is 3.75. The summed E-state index contributed by atoms with van der Waals surface area (Å²) in [5.41, 5.74) is 0.811. The van der Waals surface area contributed by atoms with Crippen LogP contribution in [0, 0.1) is 0 Å². The number of carbonyl (C=O) groups excluding carboxylic acids is 2. The second-order valence-electron chi connectivity index (χ2n) is 4.23. The van der Waals surface area contributed by atoms with Crippen molar-refractivity contribution in [3.63, 3.8) is 0 Å². The minimum atomic E-state index is -0.134. The molecule has 2 aromatic rings. The van der Waals surface area contributed by atoms with Gasteiger partial charge in [-0.1, -0.05) is 18.2 Å². The van der Waals surface area contributed by atoms with Gasteiger partial charge in [-0.2, -0.15) is 0 Å². The quantitative estimate of drug-likeness (QED) is 0.880. The lowest BCUT2D eigenvalue weighted by Gasteiger charge is -2.01. The van der Waals surface area contributed by atoms with Gasteiger partial charge in [-0.15, -0.1) is 0 Å². The van der Waals surface area contributed by atoms with Gasteiger partial charge in [-0.3, -0.25) is 4.79 Å². The van der Waals surface area contributed by atoms with Crippen LogP contribution in [0.25, 0.3) is 11.0 Å². The lowest BCUT2D eigenvalue weighted by Crippen LogP contribution is -2.22. The van der Waals surface area contributed by atoms with Gasteiger partial charge >= 0.3 is 0 Å². The molecule has 0 aliphatic carbocycles. The van der Waals surface area contributed by atoms with Crippen molar-refractivity contribution in [2.45, 2.75) is 26.3 Å². The first kappa shape index (κ1) is 12.4. The van der Waals surface area contributed by atoms with E-state index >= 15 is 0 Å². The van der Waals surface area contributed by atoms with Crippen LogP contribution < -0.4 is 5.32 Å². The molecule has 4 heteroatoms. The normalized spacial score (nSPS) is 10.5. The summed E-state index contributed by atoms with van der Waals surface area (Å²) < 4.78 is 5.56. The van der Waals surface area contributed by atoms with Crippen LogP contribution in [-0.4, -0.2) is 11.7 Å². The number of amides is 1. The summed E-state index contributed by atoms with van der Waals surface area (Å²) >= 11 is 0. The fourth-order valence-corrected chi connectivity index (χ4v) is 1.69. The second-order valence-corrected chi connectivity index (χ2v) is 4.23. The molecule has 0 saturated carbocycles. The van der Waals surface area contributed by atoms with Crippen LogP contribution in [0.1, 0.15) is 25.5 Å². The number of ketones is 1. The van der Waals surface area contributed by atoms with Gasteiger partial charge in [-0.25, -0.2) is 0 Å². The van der Waals surface area contributed by atoms with Gasteiger partial charge in [0.25, 0.3) is 0 Å². The van der Waals surface area contributed by atoms with Crippen LogP contribution in [0.5, 0.6) is 0 Å².